The molecule has 2 aromatic heterocycles. The highest BCUT2D eigenvalue weighted by Crippen LogP contribution is 2.43. The molecular formula is C19H18N4O2. The first kappa shape index (κ1) is 14.3. The first-order chi connectivity index (χ1) is 12.3. The molecule has 6 nitrogen and oxygen atoms in total. The number of nitrogens with zero attached hydrogens (tertiary/aromatic N) is 3. The molecule has 6 heteroatoms. The second kappa shape index (κ2) is 5.51. The lowest BCUT2D eigenvalue weighted by atomic mass is 10.2. The van der Waals surface area contributed by atoms with Crippen molar-refractivity contribution >= 4 is 0 Å². The summed E-state index contributed by atoms with van der Waals surface area (Å²) in [5.74, 6) is 1.71. The fourth-order valence-electron chi connectivity index (χ4n) is 3.37. The molecule has 1 aliphatic heterocycles. The first-order valence-corrected chi connectivity index (χ1v) is 8.53. The van der Waals surface area contributed by atoms with Crippen molar-refractivity contribution in [2.24, 2.45) is 5.92 Å². The number of aromatic nitrogens is 3. The quantitative estimate of drug-likeness (QED) is 0.797. The second-order valence-electron chi connectivity index (χ2n) is 6.57. The highest BCUT2D eigenvalue weighted by molar-refractivity contribution is 5.62. The number of pyridine rings is 1. The van der Waals surface area contributed by atoms with Crippen LogP contribution in [0.3, 0.4) is 0 Å². The number of fused-ring (bicyclic) bond motifs is 3. The van der Waals surface area contributed by atoms with Crippen LogP contribution < -0.4 is 15.6 Å². The highest BCUT2D eigenvalue weighted by Gasteiger charge is 2.37. The molecule has 1 saturated carbocycles. The molecule has 0 amide bonds. The van der Waals surface area contributed by atoms with Gasteiger partial charge in [-0.3, -0.25) is 9.47 Å². The van der Waals surface area contributed by atoms with Crippen LogP contribution in [0.5, 0.6) is 5.75 Å². The molecule has 0 saturated heterocycles. The van der Waals surface area contributed by atoms with Gasteiger partial charge in [0.15, 0.2) is 17.3 Å². The molecule has 3 heterocycles. The largest absolute Gasteiger partial charge is 0.483 e. The van der Waals surface area contributed by atoms with E-state index in [2.05, 4.69) is 15.0 Å². The van der Waals surface area contributed by atoms with Gasteiger partial charge in [-0.25, -0.2) is 4.98 Å². The van der Waals surface area contributed by atoms with E-state index in [0.717, 1.165) is 11.4 Å². The molecule has 0 radical (unpaired) electrons. The maximum atomic E-state index is 12.5. The van der Waals surface area contributed by atoms with Crippen molar-refractivity contribution in [3.63, 3.8) is 0 Å². The number of benzene rings is 1. The molecule has 1 fully saturated rings. The molecule has 126 valence electrons. The van der Waals surface area contributed by atoms with Crippen molar-refractivity contribution in [1.82, 2.24) is 14.2 Å². The Morgan fingerprint density at radius 1 is 1.16 bits per heavy atom. The van der Waals surface area contributed by atoms with Crippen molar-refractivity contribution in [3.05, 3.63) is 70.8 Å². The fraction of sp³-hybridized carbons (Fsp3) is 0.263. The summed E-state index contributed by atoms with van der Waals surface area (Å²) < 4.78 is 9.93. The normalized spacial score (nSPS) is 18.2. The number of nitrogens with one attached hydrogen (secondary N) is 1. The highest BCUT2D eigenvalue weighted by atomic mass is 16.5. The van der Waals surface area contributed by atoms with Crippen LogP contribution in [0.15, 0.2) is 59.8 Å². The summed E-state index contributed by atoms with van der Waals surface area (Å²) in [7, 11) is 0. The van der Waals surface area contributed by atoms with Crippen LogP contribution in [-0.4, -0.2) is 14.2 Å². The summed E-state index contributed by atoms with van der Waals surface area (Å²) in [6.45, 7) is 0.347. The number of hydrogen-bond donors (Lipinski definition) is 1. The molecule has 1 unspecified atom stereocenters. The zero-order chi connectivity index (χ0) is 16.8. The lowest BCUT2D eigenvalue weighted by molar-refractivity contribution is 0.299. The molecule has 1 aliphatic carbocycles. The van der Waals surface area contributed by atoms with Gasteiger partial charge in [-0.1, -0.05) is 30.3 Å². The lowest BCUT2D eigenvalue weighted by Crippen LogP contribution is -2.34. The lowest BCUT2D eigenvalue weighted by Gasteiger charge is -2.31. The van der Waals surface area contributed by atoms with Gasteiger partial charge in [0, 0.05) is 24.7 Å². The Balaban J connectivity index is 1.56. The third-order valence-electron chi connectivity index (χ3n) is 4.80. The predicted molar refractivity (Wildman–Crippen MR) is 93.8 cm³/mol. The standard InChI is InChI=1S/C19H18N4O2/c24-15-8-10-23-16(17(15)25-12-13-4-2-1-3-5-13)19-20-9-11-22(19)18(21-23)14-6-7-14/h1-5,8-11,14,18,21H,6-7,12H2. The van der Waals surface area contributed by atoms with E-state index in [9.17, 15) is 4.79 Å². The van der Waals surface area contributed by atoms with E-state index in [1.54, 1.807) is 18.5 Å². The van der Waals surface area contributed by atoms with E-state index >= 15 is 0 Å². The molecule has 0 spiro atoms. The van der Waals surface area contributed by atoms with E-state index in [1.807, 2.05) is 41.2 Å². The average Bonchev–Trinajstić information content (AvgIpc) is 3.37. The minimum absolute atomic E-state index is 0.136. The topological polar surface area (TPSA) is 61.1 Å². The predicted octanol–water partition coefficient (Wildman–Crippen LogP) is 2.76. The van der Waals surface area contributed by atoms with E-state index < -0.39 is 0 Å². The Morgan fingerprint density at radius 2 is 2.00 bits per heavy atom. The number of hydrogen-bond acceptors (Lipinski definition) is 4. The molecule has 5 rings (SSSR count). The van der Waals surface area contributed by atoms with Crippen molar-refractivity contribution in [1.29, 1.82) is 0 Å². The first-order valence-electron chi connectivity index (χ1n) is 8.53. The minimum Gasteiger partial charge on any atom is -0.483 e. The molecule has 2 aliphatic rings. The fourth-order valence-corrected chi connectivity index (χ4v) is 3.37. The Labute approximate surface area is 144 Å². The van der Waals surface area contributed by atoms with Crippen LogP contribution in [-0.2, 0) is 6.61 Å². The molecule has 1 atom stereocenters. The Hall–Kier alpha value is -3.02. The zero-order valence-electron chi connectivity index (χ0n) is 13.6. The Kier molecular flexibility index (Phi) is 3.16. The summed E-state index contributed by atoms with van der Waals surface area (Å²) in [5, 5.41) is 0. The van der Waals surface area contributed by atoms with Gasteiger partial charge in [0.2, 0.25) is 5.43 Å². The Bertz CT molecular complexity index is 973. The van der Waals surface area contributed by atoms with Crippen LogP contribution in [0.2, 0.25) is 0 Å². The van der Waals surface area contributed by atoms with Crippen molar-refractivity contribution in [2.75, 3.05) is 5.43 Å². The summed E-state index contributed by atoms with van der Waals surface area (Å²) >= 11 is 0. The van der Waals surface area contributed by atoms with E-state index in [0.29, 0.717) is 24.0 Å². The SMILES string of the molecule is O=c1ccn2c(c1OCc1ccccc1)-c1nccn1C(C1CC1)N2. The zero-order valence-corrected chi connectivity index (χ0v) is 13.6. The summed E-state index contributed by atoms with van der Waals surface area (Å²) in [4.78, 5) is 17.0. The number of rotatable bonds is 4. The van der Waals surface area contributed by atoms with Gasteiger partial charge in [-0.15, -0.1) is 0 Å². The average molecular weight is 334 g/mol. The number of ether oxygens (including phenoxy) is 1. The molecule has 1 N–H and O–H groups in total. The van der Waals surface area contributed by atoms with E-state index in [1.165, 1.54) is 12.8 Å². The van der Waals surface area contributed by atoms with Gasteiger partial charge in [0.05, 0.1) is 0 Å². The summed E-state index contributed by atoms with van der Waals surface area (Å²) in [6.07, 6.45) is 8.10. The third-order valence-corrected chi connectivity index (χ3v) is 4.80. The summed E-state index contributed by atoms with van der Waals surface area (Å²) in [5.41, 5.74) is 5.06. The molecular weight excluding hydrogens is 316 g/mol. The number of imidazole rings is 1. The van der Waals surface area contributed by atoms with Crippen molar-refractivity contribution in [2.45, 2.75) is 25.6 Å². The van der Waals surface area contributed by atoms with Gasteiger partial charge in [0.1, 0.15) is 12.8 Å². The van der Waals surface area contributed by atoms with Crippen LogP contribution in [0.1, 0.15) is 24.6 Å². The molecule has 0 bridgehead atoms. The van der Waals surface area contributed by atoms with E-state index in [4.69, 9.17) is 4.74 Å². The summed E-state index contributed by atoms with van der Waals surface area (Å²) in [6, 6.07) is 11.4. The van der Waals surface area contributed by atoms with Gasteiger partial charge in [0.25, 0.3) is 0 Å². The molecule has 25 heavy (non-hydrogen) atoms. The van der Waals surface area contributed by atoms with Crippen LogP contribution in [0.4, 0.5) is 0 Å². The molecule has 1 aromatic carbocycles. The molecule has 3 aromatic rings. The van der Waals surface area contributed by atoms with Gasteiger partial charge >= 0.3 is 0 Å². The maximum absolute atomic E-state index is 12.5. The minimum atomic E-state index is -0.136. The smallest absolute Gasteiger partial charge is 0.224 e. The second-order valence-corrected chi connectivity index (χ2v) is 6.57. The van der Waals surface area contributed by atoms with Crippen LogP contribution in [0.25, 0.3) is 11.5 Å². The monoisotopic (exact) mass is 334 g/mol. The van der Waals surface area contributed by atoms with Crippen LogP contribution in [0, 0.1) is 5.92 Å². The van der Waals surface area contributed by atoms with Gasteiger partial charge in [-0.05, 0) is 24.3 Å². The van der Waals surface area contributed by atoms with E-state index in [-0.39, 0.29) is 11.6 Å². The van der Waals surface area contributed by atoms with Crippen molar-refractivity contribution < 1.29 is 4.74 Å². The third kappa shape index (κ3) is 2.41. The Morgan fingerprint density at radius 3 is 2.80 bits per heavy atom. The van der Waals surface area contributed by atoms with Gasteiger partial charge < -0.3 is 14.7 Å². The van der Waals surface area contributed by atoms with Crippen LogP contribution >= 0.6 is 0 Å². The van der Waals surface area contributed by atoms with Gasteiger partial charge in [-0.2, -0.15) is 0 Å². The van der Waals surface area contributed by atoms with Crippen molar-refractivity contribution in [3.8, 4) is 17.3 Å². The maximum Gasteiger partial charge on any atom is 0.224 e.